The first-order valence-electron chi connectivity index (χ1n) is 5.55. The molecule has 1 unspecified atom stereocenters. The second-order valence-electron chi connectivity index (χ2n) is 3.81. The molecule has 2 N–H and O–H groups in total. The molecular weight excluding hydrogens is 240 g/mol. The minimum Gasteiger partial charge on any atom is -0.393 e. The van der Waals surface area contributed by atoms with Crippen LogP contribution in [0.2, 0.25) is 0 Å². The quantitative estimate of drug-likeness (QED) is 0.789. The molecule has 1 rings (SSSR count). The molecule has 0 fully saturated rings. The summed E-state index contributed by atoms with van der Waals surface area (Å²) in [5.41, 5.74) is 0. The predicted molar refractivity (Wildman–Crippen MR) is 67.3 cm³/mol. The number of aliphatic hydroxyl groups excluding tert-OH is 1. The van der Waals surface area contributed by atoms with Crippen molar-refractivity contribution in [2.24, 2.45) is 0 Å². The van der Waals surface area contributed by atoms with Gasteiger partial charge in [-0.05, 0) is 20.3 Å². The van der Waals surface area contributed by atoms with Crippen molar-refractivity contribution in [3.05, 3.63) is 5.01 Å². The molecule has 0 aliphatic carbocycles. The van der Waals surface area contributed by atoms with Crippen molar-refractivity contribution < 1.29 is 9.90 Å². The molecule has 0 bridgehead atoms. The molecule has 17 heavy (non-hydrogen) atoms. The lowest BCUT2D eigenvalue weighted by Crippen LogP contribution is -2.29. The monoisotopic (exact) mass is 258 g/mol. The average Bonchev–Trinajstić information content (AvgIpc) is 2.74. The number of nitrogens with zero attached hydrogens (tertiary/aromatic N) is 3. The third-order valence-electron chi connectivity index (χ3n) is 2.16. The van der Waals surface area contributed by atoms with Gasteiger partial charge in [-0.15, -0.1) is 10.2 Å². The molecule has 0 saturated carbocycles. The molecule has 1 heterocycles. The van der Waals surface area contributed by atoms with Crippen molar-refractivity contribution in [2.45, 2.75) is 26.4 Å². The maximum atomic E-state index is 11.9. The zero-order valence-electron chi connectivity index (χ0n) is 10.3. The molecule has 1 atom stereocenters. The summed E-state index contributed by atoms with van der Waals surface area (Å²) in [6.45, 7) is 4.91. The number of aliphatic hydroxyl groups is 1. The molecular formula is C10H18N4O2S. The molecule has 0 radical (unpaired) electrons. The lowest BCUT2D eigenvalue weighted by atomic mass is 10.3. The third-order valence-corrected chi connectivity index (χ3v) is 3.03. The Hall–Kier alpha value is -1.21. The number of hydrogen-bond acceptors (Lipinski definition) is 6. The summed E-state index contributed by atoms with van der Waals surface area (Å²) in [6.07, 6.45) is 0.151. The largest absolute Gasteiger partial charge is 0.393 e. The number of carbonyl (C=O) groups excluding carboxylic acids is 1. The van der Waals surface area contributed by atoms with E-state index in [2.05, 4.69) is 15.5 Å². The van der Waals surface area contributed by atoms with Crippen molar-refractivity contribution in [3.8, 4) is 0 Å². The van der Waals surface area contributed by atoms with Crippen LogP contribution >= 0.6 is 11.3 Å². The predicted octanol–water partition coefficient (Wildman–Crippen LogP) is 0.813. The molecule has 1 amide bonds. The normalized spacial score (nSPS) is 12.2. The van der Waals surface area contributed by atoms with E-state index in [0.29, 0.717) is 23.1 Å². The Labute approximate surface area is 105 Å². The second kappa shape index (κ2) is 6.51. The first kappa shape index (κ1) is 13.9. The summed E-state index contributed by atoms with van der Waals surface area (Å²) in [7, 11) is 1.69. The van der Waals surface area contributed by atoms with E-state index in [4.69, 9.17) is 5.11 Å². The minimum atomic E-state index is -0.406. The van der Waals surface area contributed by atoms with Gasteiger partial charge >= 0.3 is 0 Å². The van der Waals surface area contributed by atoms with Gasteiger partial charge < -0.3 is 15.3 Å². The Morgan fingerprint density at radius 2 is 2.29 bits per heavy atom. The van der Waals surface area contributed by atoms with Crippen LogP contribution in [-0.2, 0) is 0 Å². The van der Waals surface area contributed by atoms with Gasteiger partial charge in [0.25, 0.3) is 5.91 Å². The molecule has 6 nitrogen and oxygen atoms in total. The number of carbonyl (C=O) groups is 1. The Kier molecular flexibility index (Phi) is 5.30. The first-order chi connectivity index (χ1) is 8.04. The second-order valence-corrected chi connectivity index (χ2v) is 4.78. The van der Waals surface area contributed by atoms with Crippen LogP contribution in [0, 0.1) is 0 Å². The van der Waals surface area contributed by atoms with Crippen LogP contribution in [-0.4, -0.2) is 52.4 Å². The van der Waals surface area contributed by atoms with Gasteiger partial charge in [0.05, 0.1) is 6.10 Å². The van der Waals surface area contributed by atoms with E-state index in [0.717, 1.165) is 6.54 Å². The van der Waals surface area contributed by atoms with Crippen LogP contribution < -0.4 is 5.32 Å². The molecule has 0 aromatic carbocycles. The highest BCUT2D eigenvalue weighted by Crippen LogP contribution is 2.16. The highest BCUT2D eigenvalue weighted by molar-refractivity contribution is 7.17. The van der Waals surface area contributed by atoms with Gasteiger partial charge in [0, 0.05) is 20.1 Å². The average molecular weight is 258 g/mol. The summed E-state index contributed by atoms with van der Waals surface area (Å²) in [6, 6.07) is 0. The lowest BCUT2D eigenvalue weighted by Gasteiger charge is -2.15. The Balaban J connectivity index is 2.55. The molecule has 1 aromatic heterocycles. The summed E-state index contributed by atoms with van der Waals surface area (Å²) in [4.78, 5) is 13.4. The highest BCUT2D eigenvalue weighted by Gasteiger charge is 2.17. The number of hydrogen-bond donors (Lipinski definition) is 2. The van der Waals surface area contributed by atoms with E-state index in [-0.39, 0.29) is 5.91 Å². The fourth-order valence-electron chi connectivity index (χ4n) is 1.18. The molecule has 0 saturated heterocycles. The number of nitrogens with one attached hydrogen (secondary N) is 1. The van der Waals surface area contributed by atoms with Gasteiger partial charge in [0.2, 0.25) is 10.1 Å². The van der Waals surface area contributed by atoms with Crippen LogP contribution in [0.5, 0.6) is 0 Å². The zero-order chi connectivity index (χ0) is 12.8. The fraction of sp³-hybridized carbons (Fsp3) is 0.700. The first-order valence-corrected chi connectivity index (χ1v) is 6.37. The van der Waals surface area contributed by atoms with Gasteiger partial charge in [-0.1, -0.05) is 11.3 Å². The van der Waals surface area contributed by atoms with E-state index < -0.39 is 6.10 Å². The summed E-state index contributed by atoms with van der Waals surface area (Å²) >= 11 is 1.24. The zero-order valence-corrected chi connectivity index (χ0v) is 11.1. The smallest absolute Gasteiger partial charge is 0.284 e. The third kappa shape index (κ3) is 4.27. The minimum absolute atomic E-state index is 0.160. The lowest BCUT2D eigenvalue weighted by molar-refractivity contribution is 0.0768. The number of aromatic nitrogens is 2. The SMILES string of the molecule is CCNc1nnc(C(=O)N(C)CCC(C)O)s1. The van der Waals surface area contributed by atoms with Gasteiger partial charge in [-0.3, -0.25) is 4.79 Å². The maximum Gasteiger partial charge on any atom is 0.284 e. The molecule has 96 valence electrons. The van der Waals surface area contributed by atoms with E-state index in [1.165, 1.54) is 11.3 Å². The summed E-state index contributed by atoms with van der Waals surface area (Å²) in [5.74, 6) is -0.160. The van der Waals surface area contributed by atoms with Crippen LogP contribution in [0.3, 0.4) is 0 Å². The maximum absolute atomic E-state index is 11.9. The van der Waals surface area contributed by atoms with Crippen LogP contribution in [0.15, 0.2) is 0 Å². The fourth-order valence-corrected chi connectivity index (χ4v) is 1.98. The standard InChI is InChI=1S/C10H18N4O2S/c1-4-11-10-13-12-8(17-10)9(16)14(3)6-5-7(2)15/h7,15H,4-6H2,1-3H3,(H,11,13). The van der Waals surface area contributed by atoms with Gasteiger partial charge in [-0.2, -0.15) is 0 Å². The Morgan fingerprint density at radius 3 is 2.88 bits per heavy atom. The summed E-state index contributed by atoms with van der Waals surface area (Å²) in [5, 5.41) is 20.9. The Bertz CT molecular complexity index is 367. The molecule has 0 aliphatic rings. The van der Waals surface area contributed by atoms with Crippen LogP contribution in [0.4, 0.5) is 5.13 Å². The van der Waals surface area contributed by atoms with Crippen LogP contribution in [0.25, 0.3) is 0 Å². The molecule has 0 aliphatic heterocycles. The van der Waals surface area contributed by atoms with E-state index in [9.17, 15) is 4.79 Å². The van der Waals surface area contributed by atoms with Gasteiger partial charge in [0.1, 0.15) is 0 Å². The van der Waals surface area contributed by atoms with E-state index >= 15 is 0 Å². The Morgan fingerprint density at radius 1 is 1.59 bits per heavy atom. The molecule has 1 aromatic rings. The number of anilines is 1. The van der Waals surface area contributed by atoms with E-state index in [1.807, 2.05) is 6.92 Å². The topological polar surface area (TPSA) is 78.4 Å². The van der Waals surface area contributed by atoms with Gasteiger partial charge in [0.15, 0.2) is 0 Å². The highest BCUT2D eigenvalue weighted by atomic mass is 32.1. The van der Waals surface area contributed by atoms with Crippen molar-refractivity contribution in [3.63, 3.8) is 0 Å². The van der Waals surface area contributed by atoms with Crippen molar-refractivity contribution in [1.29, 1.82) is 0 Å². The van der Waals surface area contributed by atoms with E-state index in [1.54, 1.807) is 18.9 Å². The van der Waals surface area contributed by atoms with Crippen molar-refractivity contribution in [2.75, 3.05) is 25.5 Å². The number of rotatable bonds is 6. The van der Waals surface area contributed by atoms with Gasteiger partial charge in [-0.25, -0.2) is 0 Å². The van der Waals surface area contributed by atoms with Crippen molar-refractivity contribution in [1.82, 2.24) is 15.1 Å². The van der Waals surface area contributed by atoms with Crippen LogP contribution in [0.1, 0.15) is 30.1 Å². The summed E-state index contributed by atoms with van der Waals surface area (Å²) < 4.78 is 0. The van der Waals surface area contributed by atoms with Crippen molar-refractivity contribution >= 4 is 22.4 Å². The molecule has 0 spiro atoms. The number of amides is 1. The molecule has 7 heteroatoms.